The highest BCUT2D eigenvalue weighted by atomic mass is 16.5. The monoisotopic (exact) mass is 414 g/mol. The molecule has 5 rings (SSSR count). The Labute approximate surface area is 182 Å². The van der Waals surface area contributed by atoms with Crippen molar-refractivity contribution < 1.29 is 9.53 Å². The van der Waals surface area contributed by atoms with Gasteiger partial charge in [-0.05, 0) is 29.8 Å². The van der Waals surface area contributed by atoms with E-state index in [0.29, 0.717) is 13.2 Å². The molecule has 3 aromatic rings. The molecule has 3 heterocycles. The van der Waals surface area contributed by atoms with Gasteiger partial charge in [-0.3, -0.25) is 14.6 Å². The predicted octanol–water partition coefficient (Wildman–Crippen LogP) is 3.37. The molecular weight excluding hydrogens is 388 g/mol. The average Bonchev–Trinajstić information content (AvgIpc) is 2.85. The number of piperazine rings is 1. The first kappa shape index (κ1) is 19.6. The highest BCUT2D eigenvalue weighted by Crippen LogP contribution is 2.39. The van der Waals surface area contributed by atoms with Crippen molar-refractivity contribution in [3.8, 4) is 5.75 Å². The zero-order chi connectivity index (χ0) is 21.0. The maximum absolute atomic E-state index is 13.6. The first-order chi connectivity index (χ1) is 15.3. The van der Waals surface area contributed by atoms with E-state index in [2.05, 4.69) is 26.9 Å². The van der Waals surface area contributed by atoms with E-state index in [-0.39, 0.29) is 11.9 Å². The molecule has 0 bridgehead atoms. The summed E-state index contributed by atoms with van der Waals surface area (Å²) in [4.78, 5) is 24.5. The van der Waals surface area contributed by atoms with E-state index in [0.717, 1.165) is 49.0 Å². The zero-order valence-corrected chi connectivity index (χ0v) is 17.4. The van der Waals surface area contributed by atoms with Crippen LogP contribution in [0.1, 0.15) is 11.6 Å². The number of carbonyl (C=O) groups is 1. The van der Waals surface area contributed by atoms with E-state index < -0.39 is 0 Å². The van der Waals surface area contributed by atoms with Crippen molar-refractivity contribution in [1.82, 2.24) is 9.88 Å². The Balaban J connectivity index is 1.32. The minimum absolute atomic E-state index is 0.107. The third-order valence-electron chi connectivity index (χ3n) is 5.99. The number of rotatable bonds is 4. The van der Waals surface area contributed by atoms with Gasteiger partial charge in [0.05, 0.1) is 18.3 Å². The molecule has 0 unspecified atom stereocenters. The Hall–Kier alpha value is -3.38. The zero-order valence-electron chi connectivity index (χ0n) is 17.4. The highest BCUT2D eigenvalue weighted by Gasteiger charge is 2.34. The van der Waals surface area contributed by atoms with E-state index in [1.54, 1.807) is 0 Å². The SMILES string of the molecule is O=C(CN1CCN(c2ccccn2)CC1)N1c2ccccc2OC[C@@H]1c1ccccc1. The molecular formula is C25H26N4O2. The van der Waals surface area contributed by atoms with Crippen LogP contribution in [0.4, 0.5) is 11.5 Å². The Morgan fingerprint density at radius 1 is 0.903 bits per heavy atom. The molecule has 1 saturated heterocycles. The van der Waals surface area contributed by atoms with Crippen molar-refractivity contribution in [3.05, 3.63) is 84.6 Å². The number of pyridine rings is 1. The first-order valence-corrected chi connectivity index (χ1v) is 10.8. The molecule has 2 aliphatic rings. The Morgan fingerprint density at radius 2 is 1.65 bits per heavy atom. The van der Waals surface area contributed by atoms with Crippen molar-refractivity contribution in [2.45, 2.75) is 6.04 Å². The molecule has 1 aromatic heterocycles. The molecule has 6 heteroatoms. The Bertz CT molecular complexity index is 1020. The molecule has 0 spiro atoms. The van der Waals surface area contributed by atoms with Crippen LogP contribution in [-0.2, 0) is 4.79 Å². The van der Waals surface area contributed by atoms with Crippen LogP contribution in [0.25, 0.3) is 0 Å². The third kappa shape index (κ3) is 4.11. The molecule has 0 saturated carbocycles. The van der Waals surface area contributed by atoms with E-state index in [1.807, 2.05) is 71.8 Å². The van der Waals surface area contributed by atoms with Gasteiger partial charge in [-0.2, -0.15) is 0 Å². The molecule has 1 fully saturated rings. The van der Waals surface area contributed by atoms with Crippen LogP contribution in [-0.4, -0.2) is 55.1 Å². The van der Waals surface area contributed by atoms with Crippen molar-refractivity contribution in [2.24, 2.45) is 0 Å². The molecule has 6 nitrogen and oxygen atoms in total. The predicted molar refractivity (Wildman–Crippen MR) is 121 cm³/mol. The van der Waals surface area contributed by atoms with Gasteiger partial charge in [-0.25, -0.2) is 4.98 Å². The summed E-state index contributed by atoms with van der Waals surface area (Å²) in [5.74, 6) is 1.87. The molecule has 0 radical (unpaired) electrons. The molecule has 1 amide bonds. The lowest BCUT2D eigenvalue weighted by Crippen LogP contribution is -2.51. The van der Waals surface area contributed by atoms with E-state index >= 15 is 0 Å². The number of aromatic nitrogens is 1. The first-order valence-electron chi connectivity index (χ1n) is 10.8. The van der Waals surface area contributed by atoms with Gasteiger partial charge < -0.3 is 9.64 Å². The minimum atomic E-state index is -0.126. The molecule has 158 valence electrons. The van der Waals surface area contributed by atoms with Gasteiger partial charge in [0, 0.05) is 32.4 Å². The number of nitrogens with zero attached hydrogens (tertiary/aromatic N) is 4. The number of ether oxygens (including phenoxy) is 1. The molecule has 0 aliphatic carbocycles. The second kappa shape index (κ2) is 8.78. The van der Waals surface area contributed by atoms with Crippen molar-refractivity contribution >= 4 is 17.4 Å². The van der Waals surface area contributed by atoms with Crippen LogP contribution in [0.3, 0.4) is 0 Å². The molecule has 2 aromatic carbocycles. The normalized spacial score (nSPS) is 18.9. The molecule has 0 N–H and O–H groups in total. The number of anilines is 2. The number of carbonyl (C=O) groups excluding carboxylic acids is 1. The van der Waals surface area contributed by atoms with Crippen LogP contribution in [0, 0.1) is 0 Å². The third-order valence-corrected chi connectivity index (χ3v) is 5.99. The second-order valence-electron chi connectivity index (χ2n) is 7.92. The summed E-state index contributed by atoms with van der Waals surface area (Å²) in [6.45, 7) is 4.26. The number of amides is 1. The van der Waals surface area contributed by atoms with Gasteiger partial charge in [0.1, 0.15) is 18.2 Å². The highest BCUT2D eigenvalue weighted by molar-refractivity contribution is 5.97. The number of para-hydroxylation sites is 2. The minimum Gasteiger partial charge on any atom is -0.489 e. The smallest absolute Gasteiger partial charge is 0.241 e. The quantitative estimate of drug-likeness (QED) is 0.655. The van der Waals surface area contributed by atoms with Gasteiger partial charge in [0.2, 0.25) is 5.91 Å². The fraction of sp³-hybridized carbons (Fsp3) is 0.280. The van der Waals surface area contributed by atoms with Crippen LogP contribution in [0.5, 0.6) is 5.75 Å². The van der Waals surface area contributed by atoms with E-state index in [4.69, 9.17) is 4.74 Å². The fourth-order valence-electron chi connectivity index (χ4n) is 4.36. The summed E-state index contributed by atoms with van der Waals surface area (Å²) in [6, 6.07) is 23.8. The van der Waals surface area contributed by atoms with Crippen LogP contribution < -0.4 is 14.5 Å². The maximum Gasteiger partial charge on any atom is 0.241 e. The Kier molecular flexibility index (Phi) is 5.54. The maximum atomic E-state index is 13.6. The standard InChI is InChI=1S/C25H26N4O2/c30-25(18-27-14-16-28(17-15-27)24-12-6-7-13-26-24)29-21-10-4-5-11-23(21)31-19-22(29)20-8-2-1-3-9-20/h1-13,22H,14-19H2/t22-/m1/s1. The van der Waals surface area contributed by atoms with Crippen molar-refractivity contribution in [3.63, 3.8) is 0 Å². The topological polar surface area (TPSA) is 48.9 Å². The summed E-state index contributed by atoms with van der Waals surface area (Å²) < 4.78 is 6.00. The number of hydrogen-bond acceptors (Lipinski definition) is 5. The van der Waals surface area contributed by atoms with E-state index in [1.165, 1.54) is 0 Å². The van der Waals surface area contributed by atoms with Crippen molar-refractivity contribution in [2.75, 3.05) is 49.1 Å². The Morgan fingerprint density at radius 3 is 2.42 bits per heavy atom. The van der Waals surface area contributed by atoms with Gasteiger partial charge in [0.15, 0.2) is 0 Å². The second-order valence-corrected chi connectivity index (χ2v) is 7.92. The van der Waals surface area contributed by atoms with Crippen LogP contribution in [0.2, 0.25) is 0 Å². The van der Waals surface area contributed by atoms with Crippen LogP contribution >= 0.6 is 0 Å². The lowest BCUT2D eigenvalue weighted by Gasteiger charge is -2.40. The summed E-state index contributed by atoms with van der Waals surface area (Å²) in [7, 11) is 0. The molecule has 31 heavy (non-hydrogen) atoms. The lowest BCUT2D eigenvalue weighted by molar-refractivity contribution is -0.120. The summed E-state index contributed by atoms with van der Waals surface area (Å²) >= 11 is 0. The fourth-order valence-corrected chi connectivity index (χ4v) is 4.36. The average molecular weight is 415 g/mol. The lowest BCUT2D eigenvalue weighted by atomic mass is 10.0. The molecule has 2 aliphatic heterocycles. The van der Waals surface area contributed by atoms with Gasteiger partial charge in [-0.1, -0.05) is 48.5 Å². The van der Waals surface area contributed by atoms with Gasteiger partial charge in [0.25, 0.3) is 0 Å². The summed E-state index contributed by atoms with van der Waals surface area (Å²) in [5, 5.41) is 0. The molecule has 1 atom stereocenters. The van der Waals surface area contributed by atoms with E-state index in [9.17, 15) is 4.79 Å². The summed E-state index contributed by atoms with van der Waals surface area (Å²) in [5.41, 5.74) is 1.94. The largest absolute Gasteiger partial charge is 0.489 e. The number of fused-ring (bicyclic) bond motifs is 1. The van der Waals surface area contributed by atoms with Gasteiger partial charge in [-0.15, -0.1) is 0 Å². The van der Waals surface area contributed by atoms with Crippen molar-refractivity contribution in [1.29, 1.82) is 0 Å². The van der Waals surface area contributed by atoms with Crippen LogP contribution in [0.15, 0.2) is 79.0 Å². The summed E-state index contributed by atoms with van der Waals surface area (Å²) in [6.07, 6.45) is 1.82. The number of benzene rings is 2. The van der Waals surface area contributed by atoms with Gasteiger partial charge >= 0.3 is 0 Å². The number of hydrogen-bond donors (Lipinski definition) is 0.